The Morgan fingerprint density at radius 3 is 1.21 bits per heavy atom. The number of carboxylic acids is 1. The molecule has 0 saturated carbocycles. The first kappa shape index (κ1) is 100. The molecule has 0 amide bonds. The van der Waals surface area contributed by atoms with Crippen LogP contribution >= 0.6 is 47.8 Å². The predicted molar refractivity (Wildman–Crippen MR) is 396 cm³/mol. The topological polar surface area (TPSA) is 356 Å². The Morgan fingerprint density at radius 1 is 0.547 bits per heavy atom. The normalized spacial score (nSPS) is 14.7. The van der Waals surface area contributed by atoms with Gasteiger partial charge in [-0.3, -0.25) is 24.0 Å². The van der Waals surface area contributed by atoms with Crippen molar-refractivity contribution in [1.82, 2.24) is 13.7 Å². The molecule has 4 N–H and O–H groups in total. The van der Waals surface area contributed by atoms with E-state index in [1.165, 1.54) is 52.4 Å². The van der Waals surface area contributed by atoms with E-state index in [4.69, 9.17) is 43.8 Å². The molecule has 0 spiro atoms. The molecular formula is C74H90BBr3K2N3NaO22. The van der Waals surface area contributed by atoms with Crippen molar-refractivity contribution in [3.8, 4) is 22.3 Å². The minimum Gasteiger partial charge on any atom is -1.00 e. The first-order valence-corrected chi connectivity index (χ1v) is 35.8. The molecule has 4 fully saturated rings. The molecule has 3 aromatic carbocycles. The number of carbonyl (C=O) groups excluding carboxylic acids is 5. The molecule has 0 radical (unpaired) electrons. The van der Waals surface area contributed by atoms with Crippen molar-refractivity contribution in [1.29, 1.82) is 0 Å². The quantitative estimate of drug-likeness (QED) is 0.0178. The summed E-state index contributed by atoms with van der Waals surface area (Å²) in [4.78, 5) is 106. The molecule has 0 atom stereocenters. The number of alkyl halides is 1. The van der Waals surface area contributed by atoms with Gasteiger partial charge < -0.3 is 79.1 Å². The average molecular weight is 1730 g/mol. The predicted octanol–water partition coefficient (Wildman–Crippen LogP) is 0.0120. The van der Waals surface area contributed by atoms with E-state index in [1.807, 2.05) is 87.6 Å². The molecule has 0 unspecified atom stereocenters. The number of aromatic nitrogens is 3. The van der Waals surface area contributed by atoms with Crippen molar-refractivity contribution >= 4 is 96.5 Å². The second-order valence-corrected chi connectivity index (χ2v) is 26.8. The summed E-state index contributed by atoms with van der Waals surface area (Å²) in [5.74, 6) is -1.16. The number of benzene rings is 3. The maximum Gasteiger partial charge on any atom is 1.00 e. The zero-order valence-electron chi connectivity index (χ0n) is 62.5. The van der Waals surface area contributed by atoms with Crippen LogP contribution in [0.5, 0.6) is 0 Å². The molecular weight excluding hydrogens is 1630 g/mol. The van der Waals surface area contributed by atoms with Crippen LogP contribution in [0.2, 0.25) is 0 Å². The number of carbonyl (C=O) groups is 6. The van der Waals surface area contributed by atoms with Gasteiger partial charge in [-0.1, -0.05) is 127 Å². The third-order valence-electron chi connectivity index (χ3n) is 16.9. The zero-order valence-corrected chi connectivity index (χ0v) is 74.5. The van der Waals surface area contributed by atoms with Crippen molar-refractivity contribution in [2.75, 3.05) is 79.5 Å². The molecule has 4 saturated heterocycles. The van der Waals surface area contributed by atoms with Gasteiger partial charge in [-0.05, 0) is 164 Å². The number of hydrogen-bond acceptors (Lipinski definition) is 21. The van der Waals surface area contributed by atoms with Crippen LogP contribution in [0.4, 0.5) is 0 Å². The average Bonchev–Trinajstić information content (AvgIpc) is 0.765. The van der Waals surface area contributed by atoms with Gasteiger partial charge in [0.25, 0.3) is 23.2 Å². The molecule has 4 aliphatic heterocycles. The van der Waals surface area contributed by atoms with Crippen LogP contribution in [0.3, 0.4) is 0 Å². The number of methoxy groups -OCH3 is 3. The second-order valence-electron chi connectivity index (χ2n) is 24.4. The van der Waals surface area contributed by atoms with Crippen LogP contribution in [0.15, 0.2) is 151 Å². The Labute approximate surface area is 751 Å². The van der Waals surface area contributed by atoms with E-state index in [0.29, 0.717) is 60.5 Å². The number of ether oxygens (including phenoxy) is 7. The number of aromatic carboxylic acids is 1. The van der Waals surface area contributed by atoms with E-state index in [2.05, 4.69) is 62.2 Å². The summed E-state index contributed by atoms with van der Waals surface area (Å²) in [6, 6.07) is 27.5. The molecule has 106 heavy (non-hydrogen) atoms. The van der Waals surface area contributed by atoms with Gasteiger partial charge in [-0.2, -0.15) is 0 Å². The van der Waals surface area contributed by atoms with Crippen LogP contribution in [0, 0.1) is 44.4 Å². The Morgan fingerprint density at radius 2 is 0.877 bits per heavy atom. The largest absolute Gasteiger partial charge is 1.00 e. The maximum absolute atomic E-state index is 12.7. The zero-order chi connectivity index (χ0) is 74.7. The van der Waals surface area contributed by atoms with Crippen LogP contribution in [-0.2, 0) is 72.1 Å². The summed E-state index contributed by atoms with van der Waals surface area (Å²) < 4.78 is 41.3. The molecule has 5 aliphatic rings. The van der Waals surface area contributed by atoms with Crippen molar-refractivity contribution in [3.63, 3.8) is 0 Å². The fraction of sp³-hybridized carbons (Fsp3) is 0.419. The number of Topliss-reactive ketones (excluding diaryl/α,β-unsaturated/α-hetero) is 1. The first-order chi connectivity index (χ1) is 48.9. The molecule has 6 aromatic rings. The fourth-order valence-electron chi connectivity index (χ4n) is 10.9. The van der Waals surface area contributed by atoms with Gasteiger partial charge >= 0.3 is 163 Å². The third kappa shape index (κ3) is 35.0. The van der Waals surface area contributed by atoms with Gasteiger partial charge in [0.1, 0.15) is 22.3 Å². The van der Waals surface area contributed by atoms with Gasteiger partial charge in [0.05, 0.1) is 21.3 Å². The van der Waals surface area contributed by atoms with Crippen molar-refractivity contribution in [2.45, 2.75) is 98.2 Å². The molecule has 11 rings (SSSR count). The number of nitrogens with zero attached hydrogens (tertiary/aromatic N) is 3. The minimum absolute atomic E-state index is 0. The molecule has 32 heteroatoms. The van der Waals surface area contributed by atoms with Crippen LogP contribution in [0.25, 0.3) is 22.3 Å². The number of aryl methyl sites for hydroxylation is 3. The first-order valence-electron chi connectivity index (χ1n) is 33.1. The van der Waals surface area contributed by atoms with Crippen molar-refractivity contribution in [2.24, 2.45) is 23.7 Å². The summed E-state index contributed by atoms with van der Waals surface area (Å²) >= 11 is 9.95. The van der Waals surface area contributed by atoms with Gasteiger partial charge in [0.2, 0.25) is 0 Å². The van der Waals surface area contributed by atoms with Crippen LogP contribution < -0.4 is 160 Å². The number of carboxylic acid groups (broad SMARTS) is 1. The number of esters is 3. The van der Waals surface area contributed by atoms with Gasteiger partial charge in [0, 0.05) is 112 Å². The van der Waals surface area contributed by atoms with Gasteiger partial charge in [-0.15, -0.1) is 0 Å². The molecule has 1 aliphatic carbocycles. The van der Waals surface area contributed by atoms with E-state index in [-0.39, 0.29) is 191 Å². The summed E-state index contributed by atoms with van der Waals surface area (Å²) in [5.41, 5.74) is 6.42. The fourth-order valence-corrected chi connectivity index (χ4v) is 12.4. The Bertz CT molecular complexity index is 3960. The number of pyridine rings is 3. The number of rotatable bonds is 15. The standard InChI is InChI=1S/C20H23NO4.C19H21NO4.C13H16BrNO4.C8H7BrO3.C7H9BO2.C6H11BrO.CH2O3.2K.Na.H2O.H/c1-14-3-5-16(6-4-14)17-11-18(20(23)24-2)19(22)21(13-17)12-15-7-9-25-10-8-15;1-13-2-4-15(5-3-13)16-10-17(19(22)23)18(21)20(12-16)11-14-6-8-24-9-7-14;1-18-13(17)11-6-10(14)8-15(12(11)16)7-9-2-4-19-5-3-9;1-12-8(11)6-4-5(9)2-3-7(6)10;1-6-2-4-7(5-3-6)8(9)10;7-5-6-1-3-8-4-2-6;2-1-4-3;;;;;/h3-6,11,13,15H,7-10,12H2,1-2H3;2-5,10,12,14H,6-9,11H2,1H3,(H,22,23);6,8-9H,2-5,7H2,1H3;2,4H,3H2,1H3;2-5,9-10H,1H3;6H,1-5H2;1,3H;;;;1H2;/q;;;;;;;3*+1;;-1/p-2. The number of hydrogen-bond donors (Lipinski definition) is 3. The van der Waals surface area contributed by atoms with E-state index < -0.39 is 36.6 Å². The maximum atomic E-state index is 12.7. The SMILES string of the molecule is BrCC1CCOCC1.COC(=O)C1=CC(Br)=CCC1=O.COC(=O)c1cc(-c2ccc(C)cc2)cn(CC2CCOCC2)c1=O.COC(=O)c1cc(Br)cn(CC2CCOCC2)c1=O.Cc1ccc(-c2cc(C(=O)O)c(=O)n(CC3CCOCC3)c2)cc1.Cc1ccc(B(O)O)cc1.O=CO[O-].[H-].[K+].[K+].[Na+].[OH-]. The summed E-state index contributed by atoms with van der Waals surface area (Å²) in [7, 11) is 2.47. The number of ketones is 1. The minimum atomic E-state index is -1.35. The van der Waals surface area contributed by atoms with Gasteiger partial charge in [-0.25, -0.2) is 19.2 Å². The Hall–Kier alpha value is -3.53. The monoisotopic (exact) mass is 1720 g/mol. The van der Waals surface area contributed by atoms with Gasteiger partial charge in [0.15, 0.2) is 5.78 Å². The van der Waals surface area contributed by atoms with Crippen molar-refractivity contribution < 1.29 is 226 Å². The van der Waals surface area contributed by atoms with E-state index in [0.717, 1.165) is 133 Å². The summed E-state index contributed by atoms with van der Waals surface area (Å²) in [6.45, 7) is 13.8. The third-order valence-corrected chi connectivity index (χ3v) is 18.8. The van der Waals surface area contributed by atoms with Crippen molar-refractivity contribution in [3.05, 3.63) is 201 Å². The van der Waals surface area contributed by atoms with Crippen LogP contribution in [-0.4, -0.2) is 157 Å². The summed E-state index contributed by atoms with van der Waals surface area (Å²) in [5, 5.41) is 36.3. The Balaban J connectivity index is 0.00000128. The molecule has 560 valence electrons. The van der Waals surface area contributed by atoms with E-state index >= 15 is 0 Å². The molecule has 25 nitrogen and oxygen atoms in total. The molecule has 0 bridgehead atoms. The van der Waals surface area contributed by atoms with E-state index in [1.54, 1.807) is 50.4 Å². The Kier molecular flexibility index (Phi) is 52.1. The molecule has 7 heterocycles. The van der Waals surface area contributed by atoms with E-state index in [9.17, 15) is 43.5 Å². The van der Waals surface area contributed by atoms with Crippen LogP contribution in [0.1, 0.15) is 107 Å². The number of allylic oxidation sites excluding steroid dienone is 3. The summed E-state index contributed by atoms with van der Waals surface area (Å²) in [6.07, 6.45) is 16.7. The smallest absolute Gasteiger partial charge is 1.00 e. The number of halogens is 3. The second kappa shape index (κ2) is 55.0. The molecule has 3 aromatic heterocycles.